The molecule has 1 aromatic carbocycles. The first-order chi connectivity index (χ1) is 7.25. The quantitative estimate of drug-likeness (QED) is 0.454. The van der Waals surface area contributed by atoms with E-state index in [1.54, 1.807) is 30.3 Å². The molecule has 0 amide bonds. The highest BCUT2D eigenvalue weighted by Crippen LogP contribution is 2.13. The van der Waals surface area contributed by atoms with Gasteiger partial charge < -0.3 is 9.84 Å². The molecule has 0 aliphatic heterocycles. The molecule has 15 heavy (non-hydrogen) atoms. The van der Waals surface area contributed by atoms with Crippen molar-refractivity contribution in [1.82, 2.24) is 0 Å². The van der Waals surface area contributed by atoms with Crippen LogP contribution in [0.5, 0.6) is 0 Å². The highest BCUT2D eigenvalue weighted by atomic mass is 16.5. The number of carbonyl (C=O) groups excluding carboxylic acids is 1. The Hall–Kier alpha value is -1.61. The van der Waals surface area contributed by atoms with Crippen molar-refractivity contribution < 1.29 is 14.6 Å². The van der Waals surface area contributed by atoms with Gasteiger partial charge in [-0.1, -0.05) is 36.4 Å². The summed E-state index contributed by atoms with van der Waals surface area (Å²) in [5.74, 6) is -0.622. The molecule has 1 aromatic rings. The molecule has 0 aliphatic rings. The Kier molecular flexibility index (Phi) is 4.57. The lowest BCUT2D eigenvalue weighted by Crippen LogP contribution is -2.15. The average Bonchev–Trinajstić information content (AvgIpc) is 2.29. The van der Waals surface area contributed by atoms with Crippen molar-refractivity contribution in [2.24, 2.45) is 0 Å². The van der Waals surface area contributed by atoms with Crippen LogP contribution in [0.1, 0.15) is 18.1 Å². The van der Waals surface area contributed by atoms with Crippen molar-refractivity contribution in [1.29, 1.82) is 0 Å². The molecule has 0 bridgehead atoms. The second-order valence-corrected chi connectivity index (χ2v) is 3.06. The molecule has 0 saturated heterocycles. The number of hydrogen-bond donors (Lipinski definition) is 1. The molecule has 0 saturated carbocycles. The number of esters is 1. The topological polar surface area (TPSA) is 46.5 Å². The van der Waals surface area contributed by atoms with Crippen molar-refractivity contribution in [2.45, 2.75) is 12.5 Å². The monoisotopic (exact) mass is 206 g/mol. The van der Waals surface area contributed by atoms with Gasteiger partial charge in [0, 0.05) is 0 Å². The van der Waals surface area contributed by atoms with Crippen LogP contribution in [0.25, 0.3) is 0 Å². The molecule has 0 aromatic heterocycles. The summed E-state index contributed by atoms with van der Waals surface area (Å²) >= 11 is 0. The van der Waals surface area contributed by atoms with Crippen LogP contribution in [0.4, 0.5) is 0 Å². The third kappa shape index (κ3) is 3.56. The van der Waals surface area contributed by atoms with E-state index in [1.165, 1.54) is 0 Å². The summed E-state index contributed by atoms with van der Waals surface area (Å²) in [6.07, 6.45) is 1.05. The molecule has 0 aliphatic carbocycles. The van der Waals surface area contributed by atoms with E-state index in [4.69, 9.17) is 4.74 Å². The SMILES string of the molecule is C=CCCOC(=O)[C@@H](O)c1ccccc1. The van der Waals surface area contributed by atoms with Gasteiger partial charge in [0.25, 0.3) is 0 Å². The number of carbonyl (C=O) groups is 1. The van der Waals surface area contributed by atoms with Gasteiger partial charge in [-0.25, -0.2) is 4.79 Å². The molecule has 3 nitrogen and oxygen atoms in total. The van der Waals surface area contributed by atoms with Gasteiger partial charge in [0.15, 0.2) is 6.10 Å². The lowest BCUT2D eigenvalue weighted by Gasteiger charge is -2.09. The highest BCUT2D eigenvalue weighted by Gasteiger charge is 2.17. The van der Waals surface area contributed by atoms with Crippen LogP contribution in [-0.2, 0) is 9.53 Å². The van der Waals surface area contributed by atoms with Crippen LogP contribution >= 0.6 is 0 Å². The first kappa shape index (κ1) is 11.5. The molecule has 0 spiro atoms. The molecule has 1 atom stereocenters. The van der Waals surface area contributed by atoms with Gasteiger partial charge in [0.2, 0.25) is 0 Å². The first-order valence-corrected chi connectivity index (χ1v) is 4.76. The van der Waals surface area contributed by atoms with Gasteiger partial charge in [-0.05, 0) is 12.0 Å². The zero-order chi connectivity index (χ0) is 11.1. The summed E-state index contributed by atoms with van der Waals surface area (Å²) in [5, 5.41) is 9.59. The summed E-state index contributed by atoms with van der Waals surface area (Å²) in [6, 6.07) is 8.70. The molecule has 3 heteroatoms. The van der Waals surface area contributed by atoms with Gasteiger partial charge in [0.05, 0.1) is 6.61 Å². The van der Waals surface area contributed by atoms with E-state index in [9.17, 15) is 9.90 Å². The zero-order valence-corrected chi connectivity index (χ0v) is 8.43. The fraction of sp³-hybridized carbons (Fsp3) is 0.250. The predicted octanol–water partition coefficient (Wildman–Crippen LogP) is 1.84. The molecule has 0 radical (unpaired) electrons. The fourth-order valence-electron chi connectivity index (χ4n) is 1.09. The third-order valence-electron chi connectivity index (χ3n) is 1.90. The van der Waals surface area contributed by atoms with E-state index in [0.29, 0.717) is 12.0 Å². The average molecular weight is 206 g/mol. The molecule has 1 N–H and O–H groups in total. The maximum Gasteiger partial charge on any atom is 0.339 e. The Balaban J connectivity index is 2.50. The minimum atomic E-state index is -1.20. The van der Waals surface area contributed by atoms with Gasteiger partial charge in [-0.2, -0.15) is 0 Å². The normalized spacial score (nSPS) is 11.8. The van der Waals surface area contributed by atoms with E-state index in [0.717, 1.165) is 0 Å². The maximum absolute atomic E-state index is 11.3. The van der Waals surface area contributed by atoms with Gasteiger partial charge in [-0.15, -0.1) is 6.58 Å². The molecule has 0 unspecified atom stereocenters. The lowest BCUT2D eigenvalue weighted by atomic mass is 10.1. The zero-order valence-electron chi connectivity index (χ0n) is 8.43. The van der Waals surface area contributed by atoms with Crippen LogP contribution in [0.2, 0.25) is 0 Å². The van der Waals surface area contributed by atoms with Crippen molar-refractivity contribution >= 4 is 5.97 Å². The molecular formula is C12H14O3. The Morgan fingerprint density at radius 3 is 2.73 bits per heavy atom. The molecule has 1 rings (SSSR count). The molecule has 0 heterocycles. The fourth-order valence-corrected chi connectivity index (χ4v) is 1.09. The van der Waals surface area contributed by atoms with Crippen molar-refractivity contribution in [2.75, 3.05) is 6.61 Å². The van der Waals surface area contributed by atoms with Crippen molar-refractivity contribution in [3.8, 4) is 0 Å². The Morgan fingerprint density at radius 1 is 1.47 bits per heavy atom. The van der Waals surface area contributed by atoms with Gasteiger partial charge in [0.1, 0.15) is 0 Å². The van der Waals surface area contributed by atoms with E-state index < -0.39 is 12.1 Å². The van der Waals surface area contributed by atoms with Crippen LogP contribution in [0.3, 0.4) is 0 Å². The number of aliphatic hydroxyl groups excluding tert-OH is 1. The summed E-state index contributed by atoms with van der Waals surface area (Å²) < 4.78 is 4.84. The first-order valence-electron chi connectivity index (χ1n) is 4.76. The number of aliphatic hydroxyl groups is 1. The number of hydrogen-bond acceptors (Lipinski definition) is 3. The van der Waals surface area contributed by atoms with Gasteiger partial charge in [-0.3, -0.25) is 0 Å². The number of rotatable bonds is 5. The van der Waals surface area contributed by atoms with E-state index in [1.807, 2.05) is 6.07 Å². The number of benzene rings is 1. The van der Waals surface area contributed by atoms with Crippen LogP contribution in [0.15, 0.2) is 43.0 Å². The maximum atomic E-state index is 11.3. The Morgan fingerprint density at radius 2 is 2.13 bits per heavy atom. The van der Waals surface area contributed by atoms with E-state index in [2.05, 4.69) is 6.58 Å². The second kappa shape index (κ2) is 5.98. The molecule has 0 fully saturated rings. The van der Waals surface area contributed by atoms with Crippen molar-refractivity contribution in [3.05, 3.63) is 48.6 Å². The van der Waals surface area contributed by atoms with Crippen LogP contribution < -0.4 is 0 Å². The highest BCUT2D eigenvalue weighted by molar-refractivity contribution is 5.76. The van der Waals surface area contributed by atoms with Crippen LogP contribution in [-0.4, -0.2) is 17.7 Å². The smallest absolute Gasteiger partial charge is 0.339 e. The summed E-state index contributed by atoms with van der Waals surface area (Å²) in [5.41, 5.74) is 0.543. The van der Waals surface area contributed by atoms with Gasteiger partial charge >= 0.3 is 5.97 Å². The van der Waals surface area contributed by atoms with Crippen LogP contribution in [0, 0.1) is 0 Å². The largest absolute Gasteiger partial charge is 0.463 e. The summed E-state index contributed by atoms with van der Waals surface area (Å²) in [6.45, 7) is 3.76. The minimum Gasteiger partial charge on any atom is -0.463 e. The van der Waals surface area contributed by atoms with E-state index >= 15 is 0 Å². The number of ether oxygens (including phenoxy) is 1. The van der Waals surface area contributed by atoms with E-state index in [-0.39, 0.29) is 6.61 Å². The molecular weight excluding hydrogens is 192 g/mol. The second-order valence-electron chi connectivity index (χ2n) is 3.06. The minimum absolute atomic E-state index is 0.256. The predicted molar refractivity (Wildman–Crippen MR) is 57.2 cm³/mol. The summed E-state index contributed by atoms with van der Waals surface area (Å²) in [4.78, 5) is 11.3. The lowest BCUT2D eigenvalue weighted by molar-refractivity contribution is -0.153. The van der Waals surface area contributed by atoms with Crippen molar-refractivity contribution in [3.63, 3.8) is 0 Å². The Labute approximate surface area is 89.0 Å². The molecule has 80 valence electrons. The third-order valence-corrected chi connectivity index (χ3v) is 1.90. The standard InChI is InChI=1S/C12H14O3/c1-2-3-9-15-12(14)11(13)10-7-5-4-6-8-10/h2,4-8,11,13H,1,3,9H2/t11-/m0/s1. The Bertz CT molecular complexity index is 319. The summed E-state index contributed by atoms with van der Waals surface area (Å²) in [7, 11) is 0.